The van der Waals surface area contributed by atoms with E-state index in [1.165, 1.54) is 0 Å². The van der Waals surface area contributed by atoms with Crippen molar-refractivity contribution in [3.05, 3.63) is 59.7 Å². The fourth-order valence-corrected chi connectivity index (χ4v) is 8.10. The highest BCUT2D eigenvalue weighted by molar-refractivity contribution is 5.95. The Balaban J connectivity index is 1.56. The third-order valence-corrected chi connectivity index (χ3v) is 11.3. The van der Waals surface area contributed by atoms with Crippen LogP contribution in [0.4, 0.5) is 0 Å². The van der Waals surface area contributed by atoms with Crippen LogP contribution in [0.25, 0.3) is 0 Å². The van der Waals surface area contributed by atoms with Crippen molar-refractivity contribution < 1.29 is 38.9 Å². The van der Waals surface area contributed by atoms with Crippen molar-refractivity contribution >= 4 is 23.8 Å². The van der Waals surface area contributed by atoms with Gasteiger partial charge < -0.3 is 34.8 Å². The Morgan fingerprint density at radius 1 is 0.788 bits per heavy atom. The lowest BCUT2D eigenvalue weighted by Gasteiger charge is -2.35. The third kappa shape index (κ3) is 10.2. The van der Waals surface area contributed by atoms with E-state index < -0.39 is 54.2 Å². The first-order valence-electron chi connectivity index (χ1n) is 18.9. The van der Waals surface area contributed by atoms with E-state index in [1.807, 2.05) is 36.4 Å². The Morgan fingerprint density at radius 2 is 1.23 bits per heavy atom. The number of nitrogens with zero attached hydrogens (tertiary/aromatic N) is 2. The van der Waals surface area contributed by atoms with Crippen molar-refractivity contribution in [2.45, 2.75) is 114 Å². The van der Waals surface area contributed by atoms with Gasteiger partial charge in [-0.05, 0) is 107 Å². The highest BCUT2D eigenvalue weighted by atomic mass is 16.5. The summed E-state index contributed by atoms with van der Waals surface area (Å²) in [5.41, 5.74) is -0.833. The minimum atomic E-state index is -2.66. The van der Waals surface area contributed by atoms with Crippen LogP contribution in [0.3, 0.4) is 0 Å². The zero-order valence-corrected chi connectivity index (χ0v) is 31.9. The number of aliphatic carboxylic acids is 1. The molecule has 0 aliphatic carbocycles. The number of benzene rings is 2. The number of carboxylic acids is 1. The average Bonchev–Trinajstić information content (AvgIpc) is 3.42. The number of carboxylic acid groups (broad SMARTS) is 1. The molecule has 11 nitrogen and oxygen atoms in total. The molecule has 2 aromatic carbocycles. The number of carbonyl (C=O) groups excluding carboxylic acids is 3. The number of aliphatic hydroxyl groups is 1. The fourth-order valence-electron chi connectivity index (χ4n) is 8.10. The van der Waals surface area contributed by atoms with E-state index in [4.69, 9.17) is 9.47 Å². The van der Waals surface area contributed by atoms with Gasteiger partial charge in [-0.15, -0.1) is 0 Å². The maximum absolute atomic E-state index is 13.6. The fraction of sp³-hybridized carbons (Fsp3) is 0.610. The van der Waals surface area contributed by atoms with Crippen LogP contribution in [-0.4, -0.2) is 95.7 Å². The number of hydrogen-bond acceptors (Lipinski definition) is 9. The van der Waals surface area contributed by atoms with Gasteiger partial charge in [-0.3, -0.25) is 14.4 Å². The molecule has 0 radical (unpaired) electrons. The number of carbonyl (C=O) groups is 4. The van der Waals surface area contributed by atoms with E-state index in [0.717, 1.165) is 88.7 Å². The van der Waals surface area contributed by atoms with E-state index in [1.54, 1.807) is 26.0 Å². The van der Waals surface area contributed by atoms with Gasteiger partial charge in [0.25, 0.3) is 5.91 Å². The molecule has 3 unspecified atom stereocenters. The molecule has 2 aliphatic heterocycles. The molecule has 11 heteroatoms. The molecule has 2 aliphatic rings. The van der Waals surface area contributed by atoms with Crippen LogP contribution in [0.1, 0.15) is 103 Å². The number of rotatable bonds is 14. The maximum atomic E-state index is 13.6. The zero-order chi connectivity index (χ0) is 38.1. The molecule has 3 atom stereocenters. The second kappa shape index (κ2) is 17.8. The Kier molecular flexibility index (Phi) is 14.0. The van der Waals surface area contributed by atoms with Crippen molar-refractivity contribution in [1.29, 1.82) is 0 Å². The summed E-state index contributed by atoms with van der Waals surface area (Å²) in [4.78, 5) is 57.2. The summed E-state index contributed by atoms with van der Waals surface area (Å²) < 4.78 is 11.4. The summed E-state index contributed by atoms with van der Waals surface area (Å²) >= 11 is 0. The standard InChI is InChI=1S/C41H59N3O8/c1-7-39(19-9-11-21-43(5)27-39)30-15-13-17-32(23-30)51-34(45)25-41(50,38(49)42-36(29(3)4)37(47)48)26-35(46)52-33-18-14-16-31(24-33)40(8-2)20-10-12-22-44(6)28-40/h13-18,23-24,29,36,50H,7-12,19-22,25-28H2,1-6H3,(H,42,49)(H,47,48). The molecule has 1 amide bonds. The topological polar surface area (TPSA) is 146 Å². The van der Waals surface area contributed by atoms with Gasteiger partial charge >= 0.3 is 17.9 Å². The minimum Gasteiger partial charge on any atom is -0.480 e. The van der Waals surface area contributed by atoms with Crippen molar-refractivity contribution in [3.63, 3.8) is 0 Å². The Labute approximate surface area is 309 Å². The number of ether oxygens (including phenoxy) is 2. The Hall–Kier alpha value is -3.80. The first-order valence-corrected chi connectivity index (χ1v) is 18.9. The summed E-state index contributed by atoms with van der Waals surface area (Å²) in [6, 6.07) is 13.3. The molecule has 0 saturated carbocycles. The van der Waals surface area contributed by atoms with Gasteiger partial charge in [-0.1, -0.05) is 64.8 Å². The Bertz CT molecular complexity index is 1470. The lowest BCUT2D eigenvalue weighted by Crippen LogP contribution is -2.56. The van der Waals surface area contributed by atoms with Gasteiger partial charge in [-0.2, -0.15) is 0 Å². The van der Waals surface area contributed by atoms with E-state index in [-0.39, 0.29) is 22.3 Å². The molecule has 2 saturated heterocycles. The third-order valence-electron chi connectivity index (χ3n) is 11.3. The summed E-state index contributed by atoms with van der Waals surface area (Å²) in [5, 5.41) is 23.8. The van der Waals surface area contributed by atoms with Gasteiger partial charge in [0.05, 0.1) is 12.8 Å². The molecule has 0 aromatic heterocycles. The minimum absolute atomic E-state index is 0.124. The van der Waals surface area contributed by atoms with Gasteiger partial charge in [-0.25, -0.2) is 4.79 Å². The quantitative estimate of drug-likeness (QED) is 0.170. The molecular weight excluding hydrogens is 662 g/mol. The number of esters is 2. The lowest BCUT2D eigenvalue weighted by atomic mass is 9.74. The molecule has 52 heavy (non-hydrogen) atoms. The first kappa shape index (κ1) is 41.0. The summed E-state index contributed by atoms with van der Waals surface area (Å²) in [6.07, 6.45) is 6.35. The summed E-state index contributed by atoms with van der Waals surface area (Å²) in [7, 11) is 4.22. The molecule has 4 rings (SSSR count). The monoisotopic (exact) mass is 721 g/mol. The summed E-state index contributed by atoms with van der Waals surface area (Å²) in [5.74, 6) is -4.43. The van der Waals surface area contributed by atoms with Crippen LogP contribution in [0, 0.1) is 5.92 Å². The summed E-state index contributed by atoms with van der Waals surface area (Å²) in [6.45, 7) is 11.3. The number of likely N-dealkylation sites (N-methyl/N-ethyl adjacent to an activating group) is 2. The van der Waals surface area contributed by atoms with E-state index in [9.17, 15) is 29.4 Å². The molecule has 2 aromatic rings. The van der Waals surface area contributed by atoms with Crippen LogP contribution >= 0.6 is 0 Å². The van der Waals surface area contributed by atoms with E-state index in [2.05, 4.69) is 43.1 Å². The number of amides is 1. The average molecular weight is 722 g/mol. The Morgan fingerprint density at radius 3 is 1.62 bits per heavy atom. The van der Waals surface area contributed by atoms with Crippen molar-refractivity contribution in [2.24, 2.45) is 5.92 Å². The molecular formula is C41H59N3O8. The number of hydrogen-bond donors (Lipinski definition) is 3. The van der Waals surface area contributed by atoms with Gasteiger partial charge in [0.2, 0.25) is 0 Å². The molecule has 0 spiro atoms. The molecule has 2 fully saturated rings. The van der Waals surface area contributed by atoms with E-state index in [0.29, 0.717) is 0 Å². The van der Waals surface area contributed by atoms with Crippen molar-refractivity contribution in [3.8, 4) is 11.5 Å². The molecule has 0 bridgehead atoms. The van der Waals surface area contributed by atoms with Crippen LogP contribution in [0.5, 0.6) is 11.5 Å². The largest absolute Gasteiger partial charge is 0.480 e. The van der Waals surface area contributed by atoms with Crippen molar-refractivity contribution in [2.75, 3.05) is 40.3 Å². The van der Waals surface area contributed by atoms with Gasteiger partial charge in [0.1, 0.15) is 17.5 Å². The van der Waals surface area contributed by atoms with Crippen molar-refractivity contribution in [1.82, 2.24) is 15.1 Å². The molecule has 3 N–H and O–H groups in total. The normalized spacial score (nSPS) is 23.5. The molecule has 286 valence electrons. The highest BCUT2D eigenvalue weighted by Gasteiger charge is 2.44. The second-order valence-electron chi connectivity index (χ2n) is 15.6. The van der Waals surface area contributed by atoms with Crippen LogP contribution in [0.2, 0.25) is 0 Å². The lowest BCUT2D eigenvalue weighted by molar-refractivity contribution is -0.159. The second-order valence-corrected chi connectivity index (χ2v) is 15.6. The zero-order valence-electron chi connectivity index (χ0n) is 31.9. The van der Waals surface area contributed by atoms with Gasteiger partial charge in [0, 0.05) is 23.9 Å². The van der Waals surface area contributed by atoms with E-state index >= 15 is 0 Å². The van der Waals surface area contributed by atoms with Crippen LogP contribution in [0.15, 0.2) is 48.5 Å². The van der Waals surface area contributed by atoms with Gasteiger partial charge in [0.15, 0.2) is 5.60 Å². The predicted octanol–water partition coefficient (Wildman–Crippen LogP) is 5.46. The highest BCUT2D eigenvalue weighted by Crippen LogP contribution is 2.39. The SMILES string of the molecule is CCC1(c2cccc(OC(=O)CC(O)(CC(=O)Oc3cccc(C4(CC)CCCCN(C)C4)c3)C(=O)NC(C(=O)O)C(C)C)c2)CCCCN(C)C1. The number of likely N-dealkylation sites (tertiary alicyclic amines) is 2. The predicted molar refractivity (Wildman–Crippen MR) is 199 cm³/mol. The van der Waals surface area contributed by atoms with Crippen LogP contribution < -0.4 is 14.8 Å². The molecule has 2 heterocycles. The number of nitrogens with one attached hydrogen (secondary N) is 1. The smallest absolute Gasteiger partial charge is 0.326 e. The van der Waals surface area contributed by atoms with Crippen LogP contribution in [-0.2, 0) is 30.0 Å². The first-order chi connectivity index (χ1) is 24.6. The maximum Gasteiger partial charge on any atom is 0.326 e.